The van der Waals surface area contributed by atoms with Crippen molar-refractivity contribution in [3.63, 3.8) is 0 Å². The molecule has 6 heteroatoms. The fourth-order valence-corrected chi connectivity index (χ4v) is 2.91. The number of pyridine rings is 1. The minimum Gasteiger partial charge on any atom is -0.352 e. The van der Waals surface area contributed by atoms with Gasteiger partial charge in [0.1, 0.15) is 5.82 Å². The van der Waals surface area contributed by atoms with Gasteiger partial charge < -0.3 is 10.6 Å². The topological polar surface area (TPSA) is 71.1 Å². The summed E-state index contributed by atoms with van der Waals surface area (Å²) in [5, 5.41) is 5.76. The molecule has 5 nitrogen and oxygen atoms in total. The summed E-state index contributed by atoms with van der Waals surface area (Å²) in [5.74, 6) is -0.912. The number of nitrogens with zero attached hydrogens (tertiary/aromatic N) is 1. The van der Waals surface area contributed by atoms with Gasteiger partial charge in [-0.2, -0.15) is 0 Å². The van der Waals surface area contributed by atoms with Crippen molar-refractivity contribution in [2.45, 2.75) is 53.0 Å². The molecule has 1 saturated carbocycles. The number of rotatable bonds is 6. The van der Waals surface area contributed by atoms with Crippen LogP contribution in [0.5, 0.6) is 0 Å². The van der Waals surface area contributed by atoms with E-state index in [-0.39, 0.29) is 28.8 Å². The Morgan fingerprint density at radius 3 is 2.45 bits per heavy atom. The lowest BCUT2D eigenvalue weighted by Crippen LogP contribution is -2.27. The largest absolute Gasteiger partial charge is 0.352 e. The van der Waals surface area contributed by atoms with Crippen LogP contribution in [0, 0.1) is 18.2 Å². The first kappa shape index (κ1) is 21.0. The number of hydrogen-bond donors (Lipinski definition) is 2. The van der Waals surface area contributed by atoms with E-state index in [0.29, 0.717) is 28.9 Å². The van der Waals surface area contributed by atoms with Crippen LogP contribution in [0.25, 0.3) is 11.3 Å². The lowest BCUT2D eigenvalue weighted by molar-refractivity contribution is 0.0941. The van der Waals surface area contributed by atoms with Crippen molar-refractivity contribution in [3.8, 4) is 11.3 Å². The van der Waals surface area contributed by atoms with E-state index in [9.17, 15) is 14.0 Å². The zero-order chi connectivity index (χ0) is 21.2. The van der Waals surface area contributed by atoms with E-state index in [1.165, 1.54) is 12.3 Å². The fraction of sp³-hybridized carbons (Fsp3) is 0.435. The average Bonchev–Trinajstić information content (AvgIpc) is 3.47. The molecule has 2 N–H and O–H groups in total. The van der Waals surface area contributed by atoms with Crippen molar-refractivity contribution < 1.29 is 14.0 Å². The van der Waals surface area contributed by atoms with Crippen LogP contribution in [0.3, 0.4) is 0 Å². The maximum Gasteiger partial charge on any atom is 0.252 e. The van der Waals surface area contributed by atoms with Crippen molar-refractivity contribution in [1.82, 2.24) is 15.6 Å². The third-order valence-corrected chi connectivity index (χ3v) is 4.98. The Labute approximate surface area is 171 Å². The van der Waals surface area contributed by atoms with E-state index in [1.807, 2.05) is 0 Å². The molecule has 29 heavy (non-hydrogen) atoms. The maximum absolute atomic E-state index is 14.4. The van der Waals surface area contributed by atoms with Crippen molar-refractivity contribution in [3.05, 3.63) is 53.0 Å². The van der Waals surface area contributed by atoms with E-state index in [0.717, 1.165) is 19.3 Å². The number of aromatic nitrogens is 1. The minimum atomic E-state index is -0.450. The fourth-order valence-electron chi connectivity index (χ4n) is 2.91. The Hall–Kier alpha value is -2.76. The van der Waals surface area contributed by atoms with Crippen LogP contribution in [-0.2, 0) is 0 Å². The van der Waals surface area contributed by atoms with Crippen LogP contribution >= 0.6 is 0 Å². The normalized spacial score (nSPS) is 13.8. The molecule has 0 unspecified atom stereocenters. The van der Waals surface area contributed by atoms with Gasteiger partial charge in [0.25, 0.3) is 11.8 Å². The first-order valence-corrected chi connectivity index (χ1v) is 10.00. The smallest absolute Gasteiger partial charge is 0.252 e. The lowest BCUT2D eigenvalue weighted by Gasteiger charge is -2.18. The zero-order valence-corrected chi connectivity index (χ0v) is 17.4. The van der Waals surface area contributed by atoms with E-state index in [4.69, 9.17) is 0 Å². The number of nitrogens with one attached hydrogen (secondary N) is 2. The molecule has 154 valence electrons. The highest BCUT2D eigenvalue weighted by Crippen LogP contribution is 2.27. The number of halogens is 1. The molecule has 2 amide bonds. The molecule has 0 aliphatic heterocycles. The Morgan fingerprint density at radius 1 is 1.14 bits per heavy atom. The molecular weight excluding hydrogens is 369 g/mol. The summed E-state index contributed by atoms with van der Waals surface area (Å²) >= 11 is 0. The number of benzene rings is 1. The summed E-state index contributed by atoms with van der Waals surface area (Å²) in [6, 6.07) is 6.46. The highest BCUT2D eigenvalue weighted by Gasteiger charge is 2.24. The highest BCUT2D eigenvalue weighted by molar-refractivity contribution is 5.96. The van der Waals surface area contributed by atoms with Crippen LogP contribution in [0.2, 0.25) is 0 Å². The molecule has 0 spiro atoms. The van der Waals surface area contributed by atoms with Crippen molar-refractivity contribution in [2.75, 3.05) is 6.54 Å². The Balaban J connectivity index is 1.75. The number of amides is 2. The molecule has 1 heterocycles. The first-order chi connectivity index (χ1) is 13.6. The van der Waals surface area contributed by atoms with Crippen LogP contribution in [0.15, 0.2) is 30.5 Å². The van der Waals surface area contributed by atoms with Gasteiger partial charge in [0.2, 0.25) is 0 Å². The van der Waals surface area contributed by atoms with Crippen molar-refractivity contribution >= 4 is 11.8 Å². The van der Waals surface area contributed by atoms with Gasteiger partial charge in [0.15, 0.2) is 0 Å². The van der Waals surface area contributed by atoms with E-state index in [1.54, 1.807) is 25.1 Å². The van der Waals surface area contributed by atoms with Crippen LogP contribution in [-0.4, -0.2) is 29.4 Å². The molecule has 1 fully saturated rings. The van der Waals surface area contributed by atoms with Gasteiger partial charge in [-0.15, -0.1) is 0 Å². The number of carbonyl (C=O) groups excluding carboxylic acids is 2. The highest BCUT2D eigenvalue weighted by atomic mass is 19.1. The summed E-state index contributed by atoms with van der Waals surface area (Å²) in [6.45, 7) is 8.61. The molecular formula is C23H28FN3O2. The molecule has 0 bridgehead atoms. The van der Waals surface area contributed by atoms with Crippen LogP contribution in [0.1, 0.15) is 66.3 Å². The second kappa shape index (κ2) is 8.31. The SMILES string of the molecule is Cc1c(F)cc(C(=O)NC2CC2)cc1-c1ccc(C(=O)NCCC(C)(C)C)cn1. The lowest BCUT2D eigenvalue weighted by atomic mass is 9.92. The first-order valence-electron chi connectivity index (χ1n) is 10.00. The van der Waals surface area contributed by atoms with Gasteiger partial charge in [0, 0.05) is 29.9 Å². The molecule has 1 aliphatic rings. The van der Waals surface area contributed by atoms with E-state index in [2.05, 4.69) is 36.4 Å². The van der Waals surface area contributed by atoms with Crippen LogP contribution in [0.4, 0.5) is 4.39 Å². The molecule has 3 rings (SSSR count). The van der Waals surface area contributed by atoms with Gasteiger partial charge in [0.05, 0.1) is 11.3 Å². The van der Waals surface area contributed by atoms with Crippen molar-refractivity contribution in [1.29, 1.82) is 0 Å². The predicted octanol–water partition coefficient (Wildman–Crippen LogP) is 4.25. The maximum atomic E-state index is 14.4. The molecule has 1 aromatic heterocycles. The summed E-state index contributed by atoms with van der Waals surface area (Å²) in [6.07, 6.45) is 4.29. The minimum absolute atomic E-state index is 0.147. The van der Waals surface area contributed by atoms with E-state index >= 15 is 0 Å². The number of hydrogen-bond acceptors (Lipinski definition) is 3. The molecule has 1 aromatic carbocycles. The average molecular weight is 397 g/mol. The second-order valence-corrected chi connectivity index (χ2v) is 8.88. The third-order valence-electron chi connectivity index (χ3n) is 4.98. The van der Waals surface area contributed by atoms with Gasteiger partial charge in [-0.25, -0.2) is 4.39 Å². The molecule has 0 radical (unpaired) electrons. The Bertz CT molecular complexity index is 913. The monoisotopic (exact) mass is 397 g/mol. The summed E-state index contributed by atoms with van der Waals surface area (Å²) < 4.78 is 14.4. The number of carbonyl (C=O) groups is 2. The van der Waals surface area contributed by atoms with E-state index < -0.39 is 5.82 Å². The van der Waals surface area contributed by atoms with Gasteiger partial charge in [-0.05, 0) is 61.4 Å². The summed E-state index contributed by atoms with van der Waals surface area (Å²) in [7, 11) is 0. The molecule has 0 atom stereocenters. The Morgan fingerprint density at radius 2 is 1.86 bits per heavy atom. The predicted molar refractivity (Wildman–Crippen MR) is 111 cm³/mol. The second-order valence-electron chi connectivity index (χ2n) is 8.88. The van der Waals surface area contributed by atoms with Gasteiger partial charge in [-0.3, -0.25) is 14.6 Å². The summed E-state index contributed by atoms with van der Waals surface area (Å²) in [4.78, 5) is 28.9. The van der Waals surface area contributed by atoms with Gasteiger partial charge in [-0.1, -0.05) is 20.8 Å². The summed E-state index contributed by atoms with van der Waals surface area (Å²) in [5.41, 5.74) is 2.36. The zero-order valence-electron chi connectivity index (χ0n) is 17.4. The molecule has 2 aromatic rings. The Kier molecular flexibility index (Phi) is 6.01. The standard InChI is InChI=1S/C23H28FN3O2/c1-14-18(11-16(12-19(14)24)22(29)27-17-6-7-17)20-8-5-15(13-26-20)21(28)25-10-9-23(2,3)4/h5,8,11-13,17H,6-7,9-10H2,1-4H3,(H,25,28)(H,27,29). The molecule has 0 saturated heterocycles. The van der Waals surface area contributed by atoms with Crippen LogP contribution < -0.4 is 10.6 Å². The van der Waals surface area contributed by atoms with Gasteiger partial charge >= 0.3 is 0 Å². The molecule has 1 aliphatic carbocycles. The third kappa shape index (κ3) is 5.62. The quantitative estimate of drug-likeness (QED) is 0.765. The van der Waals surface area contributed by atoms with Crippen molar-refractivity contribution in [2.24, 2.45) is 5.41 Å².